The molecule has 5 aromatic rings. The summed E-state index contributed by atoms with van der Waals surface area (Å²) < 4.78 is 0. The van der Waals surface area contributed by atoms with E-state index in [1.165, 1.54) is 62.1 Å². The summed E-state index contributed by atoms with van der Waals surface area (Å²) in [5.41, 5.74) is 25.8. The van der Waals surface area contributed by atoms with E-state index >= 15 is 33.6 Å². The molecule has 24 N–H and O–H groups in total. The van der Waals surface area contributed by atoms with Gasteiger partial charge in [-0.3, -0.25) is 86.9 Å². The molecule has 43 heteroatoms. The second-order valence-corrected chi connectivity index (χ2v) is 35.9. The Morgan fingerprint density at radius 1 is 0.541 bits per heavy atom. The van der Waals surface area contributed by atoms with E-state index in [0.717, 1.165) is 26.5 Å². The summed E-state index contributed by atoms with van der Waals surface area (Å²) >= 11 is 0.769. The highest BCUT2D eigenvalue weighted by Crippen LogP contribution is 2.28. The number of likely N-dealkylation sites (N-methyl/N-ethyl adjacent to an activating group) is 3. The van der Waals surface area contributed by atoms with E-state index in [4.69, 9.17) is 28.3 Å². The second kappa shape index (κ2) is 50.1. The molecular formula is C90H131N23O19S. The number of nitrogens with two attached hydrogens (primary N) is 4. The number of nitrogens with zero attached hydrogens (tertiary/aromatic N) is 5. The van der Waals surface area contributed by atoms with Crippen LogP contribution in [0.3, 0.4) is 0 Å². The fraction of sp³-hybridized carbons (Fsp3) is 0.556. The number of carbonyl (C=O) groups is 17. The molecule has 3 aliphatic rings. The van der Waals surface area contributed by atoms with Gasteiger partial charge in [0, 0.05) is 113 Å². The average molecular weight is 1870 g/mol. The van der Waals surface area contributed by atoms with Gasteiger partial charge in [0.2, 0.25) is 100 Å². The number of guanidine groups is 1. The smallest absolute Gasteiger partial charge is 0.246 e. The van der Waals surface area contributed by atoms with Crippen LogP contribution in [0.2, 0.25) is 0 Å². The number of amides is 17. The van der Waals surface area contributed by atoms with E-state index in [9.17, 15) is 58.2 Å². The third-order valence-electron chi connectivity index (χ3n) is 24.0. The number of hydrogen-bond donors (Lipinski definition) is 20. The highest BCUT2D eigenvalue weighted by Gasteiger charge is 2.47. The molecule has 2 aromatic heterocycles. The van der Waals surface area contributed by atoms with E-state index in [1.807, 2.05) is 26.0 Å². The van der Waals surface area contributed by atoms with Gasteiger partial charge in [-0.15, -0.1) is 11.8 Å². The van der Waals surface area contributed by atoms with Gasteiger partial charge in [-0.1, -0.05) is 116 Å². The first-order valence-corrected chi connectivity index (χ1v) is 46.2. The van der Waals surface area contributed by atoms with Crippen molar-refractivity contribution in [1.82, 2.24) is 93.0 Å². The predicted octanol–water partition coefficient (Wildman–Crippen LogP) is -2.27. The molecule has 15 atom stereocenters. The Kier molecular flexibility index (Phi) is 39.7. The zero-order valence-electron chi connectivity index (χ0n) is 76.9. The van der Waals surface area contributed by atoms with Gasteiger partial charge in [0.25, 0.3) is 0 Å². The number of aromatic hydroxyl groups is 1. The summed E-state index contributed by atoms with van der Waals surface area (Å²) in [6, 6.07) is -1.18. The number of primary amides is 2. The molecule has 3 aliphatic heterocycles. The van der Waals surface area contributed by atoms with E-state index < -0.39 is 241 Å². The topological polar surface area (TPSA) is 639 Å². The van der Waals surface area contributed by atoms with Crippen LogP contribution in [0.5, 0.6) is 5.75 Å². The van der Waals surface area contributed by atoms with Crippen molar-refractivity contribution in [2.75, 3.05) is 65.4 Å². The summed E-state index contributed by atoms with van der Waals surface area (Å²) in [5.74, 6) is -18.1. The van der Waals surface area contributed by atoms with Crippen molar-refractivity contribution in [3.63, 3.8) is 0 Å². The van der Waals surface area contributed by atoms with Crippen LogP contribution in [-0.2, 0) is 101 Å². The van der Waals surface area contributed by atoms with Crippen LogP contribution < -0.4 is 81.4 Å². The molecule has 3 aromatic carbocycles. The number of nitrogens with one attached hydrogen (secondary N) is 14. The van der Waals surface area contributed by atoms with Crippen molar-refractivity contribution in [3.8, 4) is 5.75 Å². The largest absolute Gasteiger partial charge is 0.508 e. The standard InChI is InChI=1S/C90H131N23O19S/c1-11-13-26-68-81(124)101-60(25-19-33-96-90(94)95)78(121)107-67(77(120)99-44-73(93)117)46-133-47-74(118)100-63(36-51-29-31-54(114)32-30-51)85(128)109(8)50(7)76(119)103-65(40-72(92)116)87(130)112-34-20-28-69(112)82(125)106-66(41-91)80(123)104-62(35-48(3)4)88(131)113-45-55(115)39-71(113)83(126)102-61(37-52-42-97-58-23-17-15-21-56(52)58)79(122)108-75(49(5)6)84(127)105-64(38-53-43-98-59-24-18-16-22-57(53)59)86(129)111(10)70(27-14-12-2)89(132)110(68)9/h15-18,21-24,29-32,42-43,48-50,55,60-71,75,97-98,114-115H,11-14,19-20,25-28,33-41,44-47,91H2,1-10H3,(H2,92,116)(H2,93,117)(H,99,120)(H,100,118)(H,101,124)(H,102,126)(H,103,119)(H,104,123)(H,105,127)(H,106,125)(H,107,121)(H,108,122)(H4,94,95,96)/t50-,55+,60-,61-,62-,63-,64-,65-,66-,67-,68-,69-,70-,71-,75-/m0/s1. The lowest BCUT2D eigenvalue weighted by atomic mass is 9.98. The Hall–Kier alpha value is -12.9. The van der Waals surface area contributed by atoms with Gasteiger partial charge < -0.3 is 126 Å². The minimum absolute atomic E-state index is 0.000940. The first-order valence-electron chi connectivity index (χ1n) is 45.0. The zero-order valence-corrected chi connectivity index (χ0v) is 77.8. The van der Waals surface area contributed by atoms with Gasteiger partial charge in [-0.05, 0) is 105 Å². The van der Waals surface area contributed by atoms with Crippen LogP contribution in [0.4, 0.5) is 0 Å². The number of phenolic OH excluding ortho intramolecular Hbond substituents is 1. The second-order valence-electron chi connectivity index (χ2n) is 34.9. The molecule has 133 heavy (non-hydrogen) atoms. The van der Waals surface area contributed by atoms with E-state index in [1.54, 1.807) is 76.5 Å². The average Bonchev–Trinajstić information content (AvgIpc) is 1.76. The van der Waals surface area contributed by atoms with Crippen LogP contribution >= 0.6 is 11.8 Å². The van der Waals surface area contributed by atoms with Gasteiger partial charge in [0.1, 0.15) is 90.3 Å². The molecule has 17 amide bonds. The summed E-state index contributed by atoms with van der Waals surface area (Å²) in [6.07, 6.45) is 1.82. The van der Waals surface area contributed by atoms with Gasteiger partial charge >= 0.3 is 0 Å². The number of aromatic nitrogens is 2. The van der Waals surface area contributed by atoms with E-state index in [-0.39, 0.29) is 95.4 Å². The van der Waals surface area contributed by atoms with Gasteiger partial charge in [-0.2, -0.15) is 0 Å². The van der Waals surface area contributed by atoms with Crippen molar-refractivity contribution in [2.45, 2.75) is 242 Å². The minimum atomic E-state index is -1.77. The molecule has 0 radical (unpaired) electrons. The Balaban J connectivity index is 1.20. The summed E-state index contributed by atoms with van der Waals surface area (Å²) in [6.45, 7) is 9.93. The number of aliphatic hydroxyl groups is 1. The van der Waals surface area contributed by atoms with Crippen LogP contribution in [0.15, 0.2) is 85.2 Å². The fourth-order valence-corrected chi connectivity index (χ4v) is 17.4. The molecule has 0 unspecified atom stereocenters. The van der Waals surface area contributed by atoms with E-state index in [0.29, 0.717) is 64.2 Å². The third-order valence-corrected chi connectivity index (χ3v) is 25.0. The van der Waals surface area contributed by atoms with Gasteiger partial charge in [-0.25, -0.2) is 0 Å². The van der Waals surface area contributed by atoms with Crippen LogP contribution in [0.1, 0.15) is 149 Å². The molecule has 0 aliphatic carbocycles. The third kappa shape index (κ3) is 29.5. The Morgan fingerprint density at radius 2 is 1.08 bits per heavy atom. The number of fused-ring (bicyclic) bond motifs is 4. The number of para-hydroxylation sites is 2. The molecule has 0 saturated carbocycles. The first-order chi connectivity index (χ1) is 63.1. The monoisotopic (exact) mass is 1870 g/mol. The molecule has 3 fully saturated rings. The molecule has 8 rings (SSSR count). The lowest BCUT2D eigenvalue weighted by molar-refractivity contribution is -0.149. The van der Waals surface area contributed by atoms with Crippen LogP contribution in [0, 0.1) is 17.2 Å². The summed E-state index contributed by atoms with van der Waals surface area (Å²) in [4.78, 5) is 262. The number of rotatable bonds is 25. The maximum atomic E-state index is 15.9. The Labute approximate surface area is 775 Å². The predicted molar refractivity (Wildman–Crippen MR) is 494 cm³/mol. The SMILES string of the molecule is CCCC[C@H]1C(=O)N(C)[C@@H](CCCC)C(=O)N[C@@H](CCCNC(=N)N)C(=O)N[C@H](C(=O)NCC(N)=O)CSCC(=O)N[C@@H](Cc2ccc(O)cc2)C(=O)N(C)[C@@H](C)C(=O)N[C@@H](CC(N)=O)C(=O)N2CCC[C@H]2C(=O)N[C@@H](CN)C(=O)N[C@@H](CC(C)C)C(=O)N2C[C@H](O)C[C@H]2C(=O)N[C@@H](Cc2c[nH]c3ccccc23)C(=O)N[C@@H](C(C)C)C(=O)N[C@@H](Cc2c[nH]c3ccccc23)C(=O)N1C. The van der Waals surface area contributed by atoms with Crippen molar-refractivity contribution in [3.05, 3.63) is 102 Å². The number of phenols is 1. The molecule has 726 valence electrons. The first kappa shape index (κ1) is 105. The quantitative estimate of drug-likeness (QED) is 0.0166. The number of thioether (sulfide) groups is 1. The lowest BCUT2D eigenvalue weighted by Crippen LogP contribution is -2.62. The van der Waals surface area contributed by atoms with Crippen molar-refractivity contribution >= 4 is 140 Å². The number of aromatic amines is 2. The lowest BCUT2D eigenvalue weighted by Gasteiger charge is -2.36. The molecule has 0 bridgehead atoms. The van der Waals surface area contributed by atoms with Gasteiger partial charge in [0.15, 0.2) is 5.96 Å². The number of carbonyl (C=O) groups excluding carboxylic acids is 17. The van der Waals surface area contributed by atoms with Crippen molar-refractivity contribution < 1.29 is 91.7 Å². The van der Waals surface area contributed by atoms with Crippen molar-refractivity contribution in [2.24, 2.45) is 34.8 Å². The fourth-order valence-electron chi connectivity index (χ4n) is 16.5. The Bertz CT molecular complexity index is 4990. The maximum Gasteiger partial charge on any atom is 0.246 e. The summed E-state index contributed by atoms with van der Waals surface area (Å²) in [7, 11) is 3.98. The highest BCUT2D eigenvalue weighted by molar-refractivity contribution is 8.00. The Morgan fingerprint density at radius 3 is 1.67 bits per heavy atom. The summed E-state index contributed by atoms with van der Waals surface area (Å²) in [5, 5.41) is 60.2. The van der Waals surface area contributed by atoms with Crippen LogP contribution in [0.25, 0.3) is 21.8 Å². The number of aliphatic hydroxyl groups excluding tert-OH is 1. The van der Waals surface area contributed by atoms with Crippen LogP contribution in [-0.4, -0.2) is 307 Å². The maximum absolute atomic E-state index is 15.9. The molecule has 3 saturated heterocycles. The van der Waals surface area contributed by atoms with Crippen molar-refractivity contribution in [1.29, 1.82) is 5.41 Å². The number of unbranched alkanes of at least 4 members (excludes halogenated alkanes) is 2. The molecule has 5 heterocycles. The zero-order chi connectivity index (χ0) is 97.8. The number of H-pyrrole nitrogens is 2. The number of benzene rings is 3. The highest BCUT2D eigenvalue weighted by atomic mass is 32.2. The minimum Gasteiger partial charge on any atom is -0.508 e. The molecule has 0 spiro atoms. The van der Waals surface area contributed by atoms with E-state index in [2.05, 4.69) is 68.5 Å². The molecule has 42 nitrogen and oxygen atoms in total. The van der Waals surface area contributed by atoms with Gasteiger partial charge in [0.05, 0.1) is 24.8 Å². The normalized spacial score (nSPS) is 25.0. The molecular weight excluding hydrogens is 1740 g/mol. The number of hydrogen-bond acceptors (Lipinski definition) is 22.